The minimum Gasteiger partial charge on any atom is -0.399 e. The number of carbonyl (C=O) groups excluding carboxylic acids is 5. The van der Waals surface area contributed by atoms with E-state index in [1.54, 1.807) is 16.9 Å². The van der Waals surface area contributed by atoms with E-state index in [4.69, 9.17) is 10.5 Å². The van der Waals surface area contributed by atoms with Crippen LogP contribution >= 0.6 is 11.8 Å². The number of hydrogen-bond donors (Lipinski definition) is 5. The SMILES string of the molecule is CN(C(=O)c1cccc(NCCOCCN2CCN(CCC(CSc3ccccc3)Nc3ccc(S(=O)(=O)NC(=O)c4ccc(N)cc4)cc3S(=O)(=O)C(F)(F)F)CC2)c1C=O)C1CCC(=O)NC1=O. The molecule has 2 unspecified atom stereocenters. The number of nitrogens with zero attached hydrogens (tertiary/aromatic N) is 3. The Morgan fingerprint density at radius 1 is 0.914 bits per heavy atom. The van der Waals surface area contributed by atoms with E-state index in [0.717, 1.165) is 17.0 Å². The van der Waals surface area contributed by atoms with E-state index < -0.39 is 76.6 Å². The topological polar surface area (TPSA) is 247 Å². The molecule has 0 aliphatic carbocycles. The molecular formula is C46H53F3N8O10S3. The highest BCUT2D eigenvalue weighted by Crippen LogP contribution is 2.37. The van der Waals surface area contributed by atoms with Gasteiger partial charge < -0.3 is 30.9 Å². The lowest BCUT2D eigenvalue weighted by molar-refractivity contribution is -0.136. The van der Waals surface area contributed by atoms with Gasteiger partial charge in [0.05, 0.1) is 34.9 Å². The molecule has 2 atom stereocenters. The Kier molecular flexibility index (Phi) is 18.1. The number of hydrogen-bond acceptors (Lipinski definition) is 16. The highest BCUT2D eigenvalue weighted by molar-refractivity contribution is 7.99. The van der Waals surface area contributed by atoms with Crippen LogP contribution in [0.5, 0.6) is 0 Å². The number of alkyl halides is 3. The molecule has 0 saturated carbocycles. The van der Waals surface area contributed by atoms with Gasteiger partial charge in [-0.15, -0.1) is 11.8 Å². The fraction of sp³-hybridized carbons (Fsp3) is 0.370. The number of likely N-dealkylation sites (N-methyl/N-ethyl adjacent to an activating group) is 1. The van der Waals surface area contributed by atoms with Crippen LogP contribution in [-0.4, -0.2) is 151 Å². The Bertz CT molecular complexity index is 2750. The summed E-state index contributed by atoms with van der Waals surface area (Å²) in [6, 6.07) is 20.0. The summed E-state index contributed by atoms with van der Waals surface area (Å²) in [5.41, 5.74) is 0.230. The van der Waals surface area contributed by atoms with Crippen molar-refractivity contribution in [2.24, 2.45) is 0 Å². The Balaban J connectivity index is 1.02. The van der Waals surface area contributed by atoms with E-state index in [2.05, 4.69) is 25.8 Å². The maximum Gasteiger partial charge on any atom is 0.501 e. The standard InChI is InChI=1S/C46H53F3N8O10S3/c1-55(40-16-17-42(59)53-44(40)61)45(62)36-8-5-9-38(37(36)29-58)51-19-26-67-27-25-57-23-21-56(22-24-57)20-18-33(30-68-34-6-3-2-4-7-34)52-39-15-14-35(28-41(39)69(63,64)46(47,48)49)70(65,66)54-43(60)31-10-12-32(50)13-11-31/h2-15,28-29,33,40,51-52H,16-27,30,50H2,1H3,(H,54,60)(H,53,59,61). The molecule has 6 rings (SSSR count). The van der Waals surface area contributed by atoms with Crippen molar-refractivity contribution < 1.29 is 58.7 Å². The molecule has 24 heteroatoms. The van der Waals surface area contributed by atoms with Gasteiger partial charge in [-0.3, -0.25) is 34.2 Å². The van der Waals surface area contributed by atoms with Crippen molar-refractivity contribution in [2.75, 3.05) is 88.2 Å². The van der Waals surface area contributed by atoms with Gasteiger partial charge in [-0.1, -0.05) is 24.3 Å². The first-order chi connectivity index (χ1) is 33.3. The highest BCUT2D eigenvalue weighted by atomic mass is 32.2. The molecule has 2 aliphatic rings. The van der Waals surface area contributed by atoms with Crippen molar-refractivity contribution >= 4 is 78.6 Å². The summed E-state index contributed by atoms with van der Waals surface area (Å²) < 4.78 is 103. The average Bonchev–Trinajstić information content (AvgIpc) is 3.33. The number of benzene rings is 4. The van der Waals surface area contributed by atoms with Gasteiger partial charge in [0, 0.05) is 92.9 Å². The smallest absolute Gasteiger partial charge is 0.399 e. The normalized spacial score (nSPS) is 16.5. The van der Waals surface area contributed by atoms with Crippen LogP contribution in [0.15, 0.2) is 106 Å². The van der Waals surface area contributed by atoms with Crippen LogP contribution in [0, 0.1) is 0 Å². The van der Waals surface area contributed by atoms with E-state index in [9.17, 15) is 54.0 Å². The molecule has 0 aromatic heterocycles. The monoisotopic (exact) mass is 1030 g/mol. The van der Waals surface area contributed by atoms with Crippen molar-refractivity contribution in [3.8, 4) is 0 Å². The molecule has 2 heterocycles. The van der Waals surface area contributed by atoms with Gasteiger partial charge in [-0.05, 0) is 79.6 Å². The summed E-state index contributed by atoms with van der Waals surface area (Å²) in [7, 11) is -9.51. The van der Waals surface area contributed by atoms with Gasteiger partial charge in [0.1, 0.15) is 10.9 Å². The van der Waals surface area contributed by atoms with E-state index in [1.165, 1.54) is 54.0 Å². The lowest BCUT2D eigenvalue weighted by Crippen LogP contribution is -2.53. The van der Waals surface area contributed by atoms with Crippen molar-refractivity contribution in [1.82, 2.24) is 24.7 Å². The van der Waals surface area contributed by atoms with Gasteiger partial charge in [0.2, 0.25) is 11.8 Å². The zero-order chi connectivity index (χ0) is 50.6. The summed E-state index contributed by atoms with van der Waals surface area (Å²) in [4.78, 5) is 66.4. The zero-order valence-corrected chi connectivity index (χ0v) is 40.4. The van der Waals surface area contributed by atoms with Crippen LogP contribution in [0.4, 0.5) is 30.2 Å². The van der Waals surface area contributed by atoms with Crippen LogP contribution < -0.4 is 26.4 Å². The maximum atomic E-state index is 14.2. The van der Waals surface area contributed by atoms with Crippen molar-refractivity contribution in [1.29, 1.82) is 0 Å². The molecule has 2 aliphatic heterocycles. The summed E-state index contributed by atoms with van der Waals surface area (Å²) in [5, 5.41) is 8.34. The number of nitrogens with two attached hydrogens (primary N) is 1. The first kappa shape index (κ1) is 53.3. The molecule has 70 heavy (non-hydrogen) atoms. The van der Waals surface area contributed by atoms with E-state index in [-0.39, 0.29) is 36.1 Å². The molecule has 4 amide bonds. The molecule has 2 saturated heterocycles. The Morgan fingerprint density at radius 2 is 1.60 bits per heavy atom. The van der Waals surface area contributed by atoms with Crippen LogP contribution in [0.3, 0.4) is 0 Å². The molecule has 0 spiro atoms. The van der Waals surface area contributed by atoms with Crippen LogP contribution in [0.1, 0.15) is 50.3 Å². The van der Waals surface area contributed by atoms with Crippen LogP contribution in [0.2, 0.25) is 0 Å². The minimum atomic E-state index is -6.10. The summed E-state index contributed by atoms with van der Waals surface area (Å²) in [5.74, 6) is -2.32. The first-order valence-corrected chi connectivity index (χ1v) is 26.0. The van der Waals surface area contributed by atoms with Gasteiger partial charge in [0.25, 0.3) is 31.7 Å². The second-order valence-corrected chi connectivity index (χ2v) is 21.1. The van der Waals surface area contributed by atoms with Gasteiger partial charge >= 0.3 is 5.51 Å². The number of imide groups is 1. The number of piperidine rings is 1. The number of sulfone groups is 1. The molecule has 4 aromatic rings. The van der Waals surface area contributed by atoms with E-state index >= 15 is 0 Å². The number of piperazine rings is 1. The Morgan fingerprint density at radius 3 is 2.26 bits per heavy atom. The fourth-order valence-electron chi connectivity index (χ4n) is 7.69. The molecule has 0 radical (unpaired) electrons. The zero-order valence-electron chi connectivity index (χ0n) is 37.9. The predicted octanol–water partition coefficient (Wildman–Crippen LogP) is 4.08. The molecule has 18 nitrogen and oxygen atoms in total. The number of ether oxygens (including phenoxy) is 1. The number of anilines is 3. The van der Waals surface area contributed by atoms with Crippen LogP contribution in [-0.2, 0) is 34.2 Å². The van der Waals surface area contributed by atoms with E-state index in [0.29, 0.717) is 88.3 Å². The Hall–Kier alpha value is -6.05. The number of halogens is 3. The number of amides is 4. The molecular weight excluding hydrogens is 978 g/mol. The second-order valence-electron chi connectivity index (χ2n) is 16.4. The molecule has 6 N–H and O–H groups in total. The fourth-order valence-corrected chi connectivity index (χ4v) is 10.7. The molecule has 2 fully saturated rings. The number of thioether (sulfide) groups is 1. The third kappa shape index (κ3) is 13.8. The Labute approximate surface area is 407 Å². The number of nitrogens with one attached hydrogen (secondary N) is 4. The third-order valence-corrected chi connectivity index (χ3v) is 15.7. The van der Waals surface area contributed by atoms with Gasteiger partial charge in [0.15, 0.2) is 6.29 Å². The largest absolute Gasteiger partial charge is 0.501 e. The average molecular weight is 1030 g/mol. The van der Waals surface area contributed by atoms with Crippen molar-refractivity contribution in [3.63, 3.8) is 0 Å². The number of nitrogen functional groups attached to an aromatic ring is 1. The summed E-state index contributed by atoms with van der Waals surface area (Å²) in [6.07, 6.45) is 1.22. The third-order valence-electron chi connectivity index (χ3n) is 11.6. The molecule has 376 valence electrons. The van der Waals surface area contributed by atoms with Crippen LogP contribution in [0.25, 0.3) is 0 Å². The quantitative estimate of drug-likeness (QED) is 0.0245. The number of sulfonamides is 1. The second kappa shape index (κ2) is 23.7. The number of rotatable bonds is 22. The first-order valence-electron chi connectivity index (χ1n) is 22.0. The number of carbonyl (C=O) groups is 5. The summed E-state index contributed by atoms with van der Waals surface area (Å²) >= 11 is 1.41. The van der Waals surface area contributed by atoms with Gasteiger partial charge in [-0.25, -0.2) is 21.6 Å². The summed E-state index contributed by atoms with van der Waals surface area (Å²) in [6.45, 7) is 4.82. The highest BCUT2D eigenvalue weighted by Gasteiger charge is 2.48. The molecule has 0 bridgehead atoms. The van der Waals surface area contributed by atoms with Crippen molar-refractivity contribution in [3.05, 3.63) is 108 Å². The van der Waals surface area contributed by atoms with Gasteiger partial charge in [-0.2, -0.15) is 13.2 Å². The number of aldehydes is 1. The lowest BCUT2D eigenvalue weighted by Gasteiger charge is -2.35. The minimum absolute atomic E-state index is 0.0962. The van der Waals surface area contributed by atoms with E-state index in [1.807, 2.05) is 30.3 Å². The predicted molar refractivity (Wildman–Crippen MR) is 257 cm³/mol. The molecule has 4 aromatic carbocycles. The van der Waals surface area contributed by atoms with Crippen molar-refractivity contribution in [2.45, 2.75) is 51.5 Å². The maximum absolute atomic E-state index is 14.2. The lowest BCUT2D eigenvalue weighted by atomic mass is 10.0.